The summed E-state index contributed by atoms with van der Waals surface area (Å²) in [4.78, 5) is 37.5. The Morgan fingerprint density at radius 3 is 2.24 bits per heavy atom. The minimum atomic E-state index is -0.701. The fourth-order valence-corrected chi connectivity index (χ4v) is 3.32. The normalized spacial score (nSPS) is 14.9. The van der Waals surface area contributed by atoms with E-state index in [0.717, 1.165) is 38.2 Å². The van der Waals surface area contributed by atoms with E-state index < -0.39 is 11.8 Å². The molecule has 0 radical (unpaired) electrons. The van der Waals surface area contributed by atoms with Crippen molar-refractivity contribution in [1.82, 2.24) is 10.2 Å². The molecular formula is C21H26N4O4. The molecule has 0 unspecified atom stereocenters. The van der Waals surface area contributed by atoms with Gasteiger partial charge in [-0.1, -0.05) is 0 Å². The summed E-state index contributed by atoms with van der Waals surface area (Å²) in [5.41, 5.74) is 1.11. The Bertz CT molecular complexity index is 825. The summed E-state index contributed by atoms with van der Waals surface area (Å²) in [5, 5.41) is 7.93. The van der Waals surface area contributed by atoms with Crippen molar-refractivity contribution >= 4 is 29.1 Å². The molecule has 0 bridgehead atoms. The maximum atomic E-state index is 12.1. The summed E-state index contributed by atoms with van der Waals surface area (Å²) < 4.78 is 5.38. The van der Waals surface area contributed by atoms with Gasteiger partial charge in [0, 0.05) is 24.8 Å². The second-order valence-electron chi connectivity index (χ2n) is 7.22. The van der Waals surface area contributed by atoms with Crippen molar-refractivity contribution in [3.63, 3.8) is 0 Å². The van der Waals surface area contributed by atoms with Crippen LogP contribution in [0.15, 0.2) is 47.1 Å². The number of piperidine rings is 1. The summed E-state index contributed by atoms with van der Waals surface area (Å²) >= 11 is 0. The maximum Gasteiger partial charge on any atom is 0.313 e. The number of anilines is 2. The van der Waals surface area contributed by atoms with Crippen LogP contribution in [0, 0.1) is 5.92 Å². The van der Waals surface area contributed by atoms with E-state index in [9.17, 15) is 14.4 Å². The third-order valence-corrected chi connectivity index (χ3v) is 4.89. The summed E-state index contributed by atoms with van der Waals surface area (Å²) in [7, 11) is 0. The van der Waals surface area contributed by atoms with E-state index in [4.69, 9.17) is 4.42 Å². The quantitative estimate of drug-likeness (QED) is 0.647. The Balaban J connectivity index is 1.37. The molecule has 2 aromatic rings. The van der Waals surface area contributed by atoms with Crippen molar-refractivity contribution in [3.05, 3.63) is 48.4 Å². The molecule has 1 aromatic heterocycles. The van der Waals surface area contributed by atoms with Crippen LogP contribution >= 0.6 is 0 Å². The topological polar surface area (TPSA) is 104 Å². The van der Waals surface area contributed by atoms with Gasteiger partial charge in [0.2, 0.25) is 5.91 Å². The summed E-state index contributed by atoms with van der Waals surface area (Å²) in [5.74, 6) is -0.204. The van der Waals surface area contributed by atoms with Crippen LogP contribution in [0.4, 0.5) is 11.4 Å². The van der Waals surface area contributed by atoms with Crippen molar-refractivity contribution in [2.24, 2.45) is 5.92 Å². The first kappa shape index (κ1) is 20.6. The van der Waals surface area contributed by atoms with Gasteiger partial charge < -0.3 is 20.4 Å². The standard InChI is InChI=1S/C21H26N4O4/c1-15(26)23-17-4-6-18(7-5-17)24-21(28)20(27)22-13-16-8-10-25(11-9-16)14-19-3-2-12-29-19/h2-7,12,16H,8-11,13-14H2,1H3,(H,22,27)(H,23,26)(H,24,28). The van der Waals surface area contributed by atoms with E-state index in [0.29, 0.717) is 23.8 Å². The van der Waals surface area contributed by atoms with Gasteiger partial charge in [0.05, 0.1) is 12.8 Å². The lowest BCUT2D eigenvalue weighted by molar-refractivity contribution is -0.136. The average Bonchev–Trinajstić information content (AvgIpc) is 3.21. The third kappa shape index (κ3) is 6.46. The van der Waals surface area contributed by atoms with Gasteiger partial charge in [-0.3, -0.25) is 19.3 Å². The first-order valence-corrected chi connectivity index (χ1v) is 9.71. The lowest BCUT2D eigenvalue weighted by Gasteiger charge is -2.31. The van der Waals surface area contributed by atoms with Crippen LogP contribution in [0.3, 0.4) is 0 Å². The molecule has 3 amide bonds. The Morgan fingerprint density at radius 1 is 1.00 bits per heavy atom. The van der Waals surface area contributed by atoms with E-state index in [1.807, 2.05) is 12.1 Å². The molecule has 2 heterocycles. The van der Waals surface area contributed by atoms with Gasteiger partial charge in [0.15, 0.2) is 0 Å². The minimum absolute atomic E-state index is 0.173. The molecule has 8 nitrogen and oxygen atoms in total. The van der Waals surface area contributed by atoms with Crippen molar-refractivity contribution in [2.45, 2.75) is 26.3 Å². The Morgan fingerprint density at radius 2 is 1.66 bits per heavy atom. The average molecular weight is 398 g/mol. The number of furan rings is 1. The number of carbonyl (C=O) groups is 3. The van der Waals surface area contributed by atoms with Gasteiger partial charge in [-0.25, -0.2) is 0 Å². The smallest absolute Gasteiger partial charge is 0.313 e. The van der Waals surface area contributed by atoms with Crippen LogP contribution in [-0.4, -0.2) is 42.3 Å². The van der Waals surface area contributed by atoms with Crippen LogP contribution < -0.4 is 16.0 Å². The number of amides is 3. The second kappa shape index (κ2) is 9.88. The largest absolute Gasteiger partial charge is 0.468 e. The maximum absolute atomic E-state index is 12.1. The van der Waals surface area contributed by atoms with Gasteiger partial charge in [0.1, 0.15) is 5.76 Å². The molecule has 1 saturated heterocycles. The zero-order valence-corrected chi connectivity index (χ0v) is 16.4. The predicted molar refractivity (Wildman–Crippen MR) is 109 cm³/mol. The molecule has 1 fully saturated rings. The molecule has 154 valence electrons. The van der Waals surface area contributed by atoms with Gasteiger partial charge >= 0.3 is 11.8 Å². The molecule has 3 rings (SSSR count). The molecule has 0 saturated carbocycles. The predicted octanol–water partition coefficient (Wildman–Crippen LogP) is 2.20. The molecule has 29 heavy (non-hydrogen) atoms. The summed E-state index contributed by atoms with van der Waals surface area (Å²) in [6, 6.07) is 10.4. The lowest BCUT2D eigenvalue weighted by atomic mass is 9.96. The monoisotopic (exact) mass is 398 g/mol. The SMILES string of the molecule is CC(=O)Nc1ccc(NC(=O)C(=O)NCC2CCN(Cc3ccco3)CC2)cc1. The van der Waals surface area contributed by atoms with Crippen LogP contribution in [0.2, 0.25) is 0 Å². The molecule has 3 N–H and O–H groups in total. The Hall–Kier alpha value is -3.13. The first-order valence-electron chi connectivity index (χ1n) is 9.71. The zero-order valence-electron chi connectivity index (χ0n) is 16.4. The molecule has 1 aromatic carbocycles. The van der Waals surface area contributed by atoms with Crippen LogP contribution in [0.5, 0.6) is 0 Å². The number of nitrogens with zero attached hydrogens (tertiary/aromatic N) is 1. The molecule has 0 atom stereocenters. The van der Waals surface area contributed by atoms with Crippen molar-refractivity contribution in [1.29, 1.82) is 0 Å². The Labute approximate surface area is 169 Å². The van der Waals surface area contributed by atoms with Gasteiger partial charge in [-0.2, -0.15) is 0 Å². The van der Waals surface area contributed by atoms with E-state index in [2.05, 4.69) is 20.9 Å². The number of hydrogen-bond donors (Lipinski definition) is 3. The lowest BCUT2D eigenvalue weighted by Crippen LogP contribution is -2.41. The van der Waals surface area contributed by atoms with Gasteiger partial charge in [-0.05, 0) is 68.2 Å². The summed E-state index contributed by atoms with van der Waals surface area (Å²) in [6.07, 6.45) is 3.61. The van der Waals surface area contributed by atoms with Crippen molar-refractivity contribution in [3.8, 4) is 0 Å². The molecule has 8 heteroatoms. The third-order valence-electron chi connectivity index (χ3n) is 4.89. The van der Waals surface area contributed by atoms with Crippen molar-refractivity contribution in [2.75, 3.05) is 30.3 Å². The van der Waals surface area contributed by atoms with Crippen LogP contribution in [0.25, 0.3) is 0 Å². The molecule has 0 aliphatic carbocycles. The number of benzene rings is 1. The zero-order chi connectivity index (χ0) is 20.6. The molecule has 1 aliphatic rings. The van der Waals surface area contributed by atoms with E-state index in [1.165, 1.54) is 6.92 Å². The molecule has 1 aliphatic heterocycles. The van der Waals surface area contributed by atoms with E-state index in [1.54, 1.807) is 30.5 Å². The fraction of sp³-hybridized carbons (Fsp3) is 0.381. The Kier molecular flexibility index (Phi) is 7.02. The van der Waals surface area contributed by atoms with Crippen molar-refractivity contribution < 1.29 is 18.8 Å². The first-order chi connectivity index (χ1) is 14.0. The second-order valence-corrected chi connectivity index (χ2v) is 7.22. The van der Waals surface area contributed by atoms with E-state index >= 15 is 0 Å². The fourth-order valence-electron chi connectivity index (χ4n) is 3.32. The number of nitrogens with one attached hydrogen (secondary N) is 3. The van der Waals surface area contributed by atoms with Gasteiger partial charge in [-0.15, -0.1) is 0 Å². The number of likely N-dealkylation sites (tertiary alicyclic amines) is 1. The number of hydrogen-bond acceptors (Lipinski definition) is 5. The van der Waals surface area contributed by atoms with Crippen LogP contribution in [-0.2, 0) is 20.9 Å². The highest BCUT2D eigenvalue weighted by molar-refractivity contribution is 6.39. The number of carbonyl (C=O) groups excluding carboxylic acids is 3. The summed E-state index contributed by atoms with van der Waals surface area (Å²) in [6.45, 7) is 4.59. The van der Waals surface area contributed by atoms with E-state index in [-0.39, 0.29) is 5.91 Å². The highest BCUT2D eigenvalue weighted by atomic mass is 16.3. The highest BCUT2D eigenvalue weighted by Gasteiger charge is 2.22. The highest BCUT2D eigenvalue weighted by Crippen LogP contribution is 2.18. The van der Waals surface area contributed by atoms with Crippen LogP contribution in [0.1, 0.15) is 25.5 Å². The van der Waals surface area contributed by atoms with Gasteiger partial charge in [0.25, 0.3) is 0 Å². The number of rotatable bonds is 6. The molecule has 0 spiro atoms. The molecular weight excluding hydrogens is 372 g/mol. The minimum Gasteiger partial charge on any atom is -0.468 e.